The molecule has 0 bridgehead atoms. The van der Waals surface area contributed by atoms with Crippen molar-refractivity contribution in [3.05, 3.63) is 41.7 Å². The van der Waals surface area contributed by atoms with Gasteiger partial charge in [0.05, 0.1) is 0 Å². The maximum absolute atomic E-state index is 4.78. The molecule has 0 N–H and O–H groups in total. The number of nitrogens with zero attached hydrogens (tertiary/aromatic N) is 4. The second-order valence-corrected chi connectivity index (χ2v) is 5.40. The fourth-order valence-corrected chi connectivity index (χ4v) is 2.69. The molecule has 1 aromatic carbocycles. The van der Waals surface area contributed by atoms with Gasteiger partial charge in [-0.2, -0.15) is 0 Å². The van der Waals surface area contributed by atoms with Crippen molar-refractivity contribution < 1.29 is 4.63 Å². The highest BCUT2D eigenvalue weighted by Gasteiger charge is 2.25. The minimum Gasteiger partial charge on any atom is -0.369 e. The molecule has 1 aliphatic heterocycles. The average molecular weight is 272 g/mol. The molecule has 1 fully saturated rings. The molecule has 5 nitrogen and oxygen atoms in total. The second kappa shape index (κ2) is 5.63. The lowest BCUT2D eigenvalue weighted by molar-refractivity contribution is 0.175. The van der Waals surface area contributed by atoms with Gasteiger partial charge in [-0.3, -0.25) is 4.90 Å². The van der Waals surface area contributed by atoms with Crippen LogP contribution in [0.2, 0.25) is 0 Å². The molecule has 0 aliphatic carbocycles. The number of aromatic nitrogens is 2. The molecule has 1 atom stereocenters. The molecule has 2 heterocycles. The molecule has 0 saturated carbocycles. The van der Waals surface area contributed by atoms with Gasteiger partial charge in [0.15, 0.2) is 0 Å². The summed E-state index contributed by atoms with van der Waals surface area (Å²) in [4.78, 5) is 4.88. The van der Waals surface area contributed by atoms with Gasteiger partial charge in [-0.1, -0.05) is 28.5 Å². The van der Waals surface area contributed by atoms with Crippen molar-refractivity contribution in [3.63, 3.8) is 0 Å². The SMILES string of the molecule is Cc1nonc1CN1CCN(c2ccccc2)C[C@H]1C. The normalized spacial score (nSPS) is 20.3. The predicted octanol–water partition coefficient (Wildman–Crippen LogP) is 2.09. The van der Waals surface area contributed by atoms with E-state index < -0.39 is 0 Å². The Morgan fingerprint density at radius 2 is 2.00 bits per heavy atom. The molecule has 106 valence electrons. The maximum atomic E-state index is 4.78. The minimum atomic E-state index is 0.486. The van der Waals surface area contributed by atoms with Crippen molar-refractivity contribution in [1.82, 2.24) is 15.2 Å². The first-order valence-corrected chi connectivity index (χ1v) is 7.06. The third-order valence-electron chi connectivity index (χ3n) is 3.99. The topological polar surface area (TPSA) is 45.4 Å². The Balaban J connectivity index is 1.64. The summed E-state index contributed by atoms with van der Waals surface area (Å²) in [6.07, 6.45) is 0. The molecule has 1 saturated heterocycles. The summed E-state index contributed by atoms with van der Waals surface area (Å²) >= 11 is 0. The monoisotopic (exact) mass is 272 g/mol. The lowest BCUT2D eigenvalue weighted by atomic mass is 10.1. The number of hydrogen-bond donors (Lipinski definition) is 0. The van der Waals surface area contributed by atoms with E-state index in [1.54, 1.807) is 0 Å². The van der Waals surface area contributed by atoms with Gasteiger partial charge >= 0.3 is 0 Å². The molecule has 0 spiro atoms. The van der Waals surface area contributed by atoms with Crippen LogP contribution in [-0.2, 0) is 6.54 Å². The summed E-state index contributed by atoms with van der Waals surface area (Å²) in [7, 11) is 0. The number of benzene rings is 1. The Labute approximate surface area is 119 Å². The largest absolute Gasteiger partial charge is 0.369 e. The van der Waals surface area contributed by atoms with Gasteiger partial charge in [0.1, 0.15) is 11.4 Å². The van der Waals surface area contributed by atoms with E-state index in [1.807, 2.05) is 6.92 Å². The smallest absolute Gasteiger partial charge is 0.122 e. The van der Waals surface area contributed by atoms with Crippen LogP contribution in [0.25, 0.3) is 0 Å². The number of piperazine rings is 1. The summed E-state index contributed by atoms with van der Waals surface area (Å²) in [6, 6.07) is 11.1. The summed E-state index contributed by atoms with van der Waals surface area (Å²) in [6.45, 7) is 8.13. The molecule has 0 amide bonds. The molecule has 1 aliphatic rings. The van der Waals surface area contributed by atoms with E-state index >= 15 is 0 Å². The zero-order chi connectivity index (χ0) is 13.9. The zero-order valence-electron chi connectivity index (χ0n) is 12.0. The van der Waals surface area contributed by atoms with Crippen LogP contribution < -0.4 is 4.90 Å². The van der Waals surface area contributed by atoms with Gasteiger partial charge in [0.2, 0.25) is 0 Å². The van der Waals surface area contributed by atoms with E-state index in [0.717, 1.165) is 37.6 Å². The molecular weight excluding hydrogens is 252 g/mol. The number of rotatable bonds is 3. The Kier molecular flexibility index (Phi) is 3.69. The van der Waals surface area contributed by atoms with E-state index in [1.165, 1.54) is 5.69 Å². The van der Waals surface area contributed by atoms with E-state index in [-0.39, 0.29) is 0 Å². The Bertz CT molecular complexity index is 554. The van der Waals surface area contributed by atoms with Crippen molar-refractivity contribution in [3.8, 4) is 0 Å². The lowest BCUT2D eigenvalue weighted by Gasteiger charge is -2.40. The molecule has 1 aromatic heterocycles. The van der Waals surface area contributed by atoms with Crippen LogP contribution in [0, 0.1) is 6.92 Å². The molecule has 0 radical (unpaired) electrons. The highest BCUT2D eigenvalue weighted by atomic mass is 16.6. The summed E-state index contributed by atoms with van der Waals surface area (Å²) < 4.78 is 4.78. The van der Waals surface area contributed by atoms with E-state index in [2.05, 4.69) is 57.4 Å². The molecule has 5 heteroatoms. The Morgan fingerprint density at radius 1 is 1.20 bits per heavy atom. The molecule has 3 rings (SSSR count). The average Bonchev–Trinajstić information content (AvgIpc) is 2.87. The first-order chi connectivity index (χ1) is 9.74. The van der Waals surface area contributed by atoms with Gasteiger partial charge < -0.3 is 4.90 Å². The van der Waals surface area contributed by atoms with Crippen LogP contribution in [0.15, 0.2) is 35.0 Å². The van der Waals surface area contributed by atoms with Crippen molar-refractivity contribution >= 4 is 5.69 Å². The van der Waals surface area contributed by atoms with Gasteiger partial charge in [-0.25, -0.2) is 4.63 Å². The second-order valence-electron chi connectivity index (χ2n) is 5.40. The van der Waals surface area contributed by atoms with Gasteiger partial charge in [-0.05, 0) is 26.0 Å². The summed E-state index contributed by atoms with van der Waals surface area (Å²) in [5, 5.41) is 7.83. The van der Waals surface area contributed by atoms with Crippen LogP contribution in [0.3, 0.4) is 0 Å². The van der Waals surface area contributed by atoms with Crippen LogP contribution in [-0.4, -0.2) is 40.9 Å². The van der Waals surface area contributed by atoms with Gasteiger partial charge in [0, 0.05) is 37.9 Å². The maximum Gasteiger partial charge on any atom is 0.122 e. The number of para-hydroxylation sites is 1. The standard InChI is InChI=1S/C15H20N4O/c1-12-10-19(14-6-4-3-5-7-14)9-8-18(12)11-15-13(2)16-20-17-15/h3-7,12H,8-11H2,1-2H3/t12-/m1/s1. The zero-order valence-corrected chi connectivity index (χ0v) is 12.0. The minimum absolute atomic E-state index is 0.486. The summed E-state index contributed by atoms with van der Waals surface area (Å²) in [5.41, 5.74) is 3.14. The third kappa shape index (κ3) is 2.67. The van der Waals surface area contributed by atoms with E-state index in [9.17, 15) is 0 Å². The fraction of sp³-hybridized carbons (Fsp3) is 0.467. The van der Waals surface area contributed by atoms with Gasteiger partial charge in [-0.15, -0.1) is 0 Å². The lowest BCUT2D eigenvalue weighted by Crippen LogP contribution is -2.51. The van der Waals surface area contributed by atoms with Crippen LogP contribution >= 0.6 is 0 Å². The van der Waals surface area contributed by atoms with Crippen molar-refractivity contribution in [2.45, 2.75) is 26.4 Å². The Hall–Kier alpha value is -1.88. The predicted molar refractivity (Wildman–Crippen MR) is 77.6 cm³/mol. The first-order valence-electron chi connectivity index (χ1n) is 7.06. The highest BCUT2D eigenvalue weighted by molar-refractivity contribution is 5.46. The fourth-order valence-electron chi connectivity index (χ4n) is 2.69. The van der Waals surface area contributed by atoms with Gasteiger partial charge in [0.25, 0.3) is 0 Å². The quantitative estimate of drug-likeness (QED) is 0.856. The van der Waals surface area contributed by atoms with Crippen LogP contribution in [0.4, 0.5) is 5.69 Å². The van der Waals surface area contributed by atoms with Crippen molar-refractivity contribution in [1.29, 1.82) is 0 Å². The Morgan fingerprint density at radius 3 is 2.65 bits per heavy atom. The molecule has 0 unspecified atom stereocenters. The highest BCUT2D eigenvalue weighted by Crippen LogP contribution is 2.20. The molecule has 20 heavy (non-hydrogen) atoms. The third-order valence-corrected chi connectivity index (χ3v) is 3.99. The van der Waals surface area contributed by atoms with Crippen molar-refractivity contribution in [2.75, 3.05) is 24.5 Å². The number of anilines is 1. The molecule has 2 aromatic rings. The summed E-state index contributed by atoms with van der Waals surface area (Å²) in [5.74, 6) is 0. The van der Waals surface area contributed by atoms with Crippen molar-refractivity contribution in [2.24, 2.45) is 0 Å². The first kappa shape index (κ1) is 13.1. The number of aryl methyl sites for hydroxylation is 1. The molecular formula is C15H20N4O. The van der Waals surface area contributed by atoms with Crippen LogP contribution in [0.1, 0.15) is 18.3 Å². The number of hydrogen-bond acceptors (Lipinski definition) is 5. The van der Waals surface area contributed by atoms with Crippen LogP contribution in [0.5, 0.6) is 0 Å². The van der Waals surface area contributed by atoms with E-state index in [4.69, 9.17) is 4.63 Å². The van der Waals surface area contributed by atoms with E-state index in [0.29, 0.717) is 6.04 Å².